The Labute approximate surface area is 106 Å². The maximum absolute atomic E-state index is 3.74. The van der Waals surface area contributed by atoms with Crippen LogP contribution in [0.1, 0.15) is 58.3 Å². The van der Waals surface area contributed by atoms with Crippen LogP contribution in [0.15, 0.2) is 0 Å². The van der Waals surface area contributed by atoms with E-state index in [2.05, 4.69) is 19.3 Å². The fourth-order valence-electron chi connectivity index (χ4n) is 6.63. The molecular weight excluding hydrogens is 206 g/mol. The molecule has 4 bridgehead atoms. The van der Waals surface area contributed by atoms with Crippen LogP contribution in [0.5, 0.6) is 0 Å². The lowest BCUT2D eigenvalue weighted by molar-refractivity contribution is -0.120. The Bertz CT molecular complexity index is 316. The number of hydrogen-bond donors (Lipinski definition) is 1. The Morgan fingerprint density at radius 3 is 2.18 bits per heavy atom. The van der Waals surface area contributed by atoms with Gasteiger partial charge in [-0.2, -0.15) is 0 Å². The lowest BCUT2D eigenvalue weighted by Gasteiger charge is -2.63. The zero-order chi connectivity index (χ0) is 11.7. The highest BCUT2D eigenvalue weighted by atomic mass is 14.9. The Hall–Kier alpha value is -0.0400. The predicted octanol–water partition coefficient (Wildman–Crippen LogP) is 3.59. The minimum absolute atomic E-state index is 0.703. The van der Waals surface area contributed by atoms with Gasteiger partial charge in [0.15, 0.2) is 0 Å². The van der Waals surface area contributed by atoms with E-state index in [4.69, 9.17) is 0 Å². The first-order valence-corrected chi connectivity index (χ1v) is 7.80. The van der Waals surface area contributed by atoms with E-state index < -0.39 is 0 Å². The van der Waals surface area contributed by atoms with Gasteiger partial charge in [-0.15, -0.1) is 0 Å². The van der Waals surface area contributed by atoms with Crippen molar-refractivity contribution in [2.75, 3.05) is 7.05 Å². The maximum atomic E-state index is 3.74. The van der Waals surface area contributed by atoms with Gasteiger partial charge in [0.25, 0.3) is 0 Å². The first-order chi connectivity index (χ1) is 8.12. The van der Waals surface area contributed by atoms with Gasteiger partial charge in [0.05, 0.1) is 0 Å². The maximum Gasteiger partial charge on any atom is 0.0149 e. The molecule has 5 fully saturated rings. The van der Waals surface area contributed by atoms with Crippen molar-refractivity contribution in [3.8, 4) is 0 Å². The minimum atomic E-state index is 0.703. The minimum Gasteiger partial charge on any atom is -0.316 e. The van der Waals surface area contributed by atoms with E-state index in [0.29, 0.717) is 10.8 Å². The van der Waals surface area contributed by atoms with Gasteiger partial charge >= 0.3 is 0 Å². The van der Waals surface area contributed by atoms with Gasteiger partial charge in [0.2, 0.25) is 0 Å². The molecule has 0 amide bonds. The van der Waals surface area contributed by atoms with Crippen LogP contribution in [-0.2, 0) is 0 Å². The zero-order valence-electron chi connectivity index (χ0n) is 11.5. The third kappa shape index (κ3) is 1.54. The largest absolute Gasteiger partial charge is 0.316 e. The molecule has 0 spiro atoms. The van der Waals surface area contributed by atoms with Gasteiger partial charge in [-0.05, 0) is 87.0 Å². The summed E-state index contributed by atoms with van der Waals surface area (Å²) in [5, 5.41) is 3.74. The highest BCUT2D eigenvalue weighted by molar-refractivity contribution is 5.12. The summed E-state index contributed by atoms with van der Waals surface area (Å²) in [5.41, 5.74) is 1.42. The summed E-state index contributed by atoms with van der Waals surface area (Å²) in [6.07, 6.45) is 12.3. The first-order valence-electron chi connectivity index (χ1n) is 7.80. The topological polar surface area (TPSA) is 12.0 Å². The van der Waals surface area contributed by atoms with E-state index in [1.807, 2.05) is 0 Å². The summed E-state index contributed by atoms with van der Waals surface area (Å²) in [4.78, 5) is 0. The molecule has 3 atom stereocenters. The molecule has 5 aliphatic carbocycles. The molecule has 17 heavy (non-hydrogen) atoms. The van der Waals surface area contributed by atoms with Crippen molar-refractivity contribution in [3.63, 3.8) is 0 Å². The van der Waals surface area contributed by atoms with Crippen LogP contribution in [0.25, 0.3) is 0 Å². The third-order valence-corrected chi connectivity index (χ3v) is 6.46. The molecule has 96 valence electrons. The summed E-state index contributed by atoms with van der Waals surface area (Å²) < 4.78 is 0. The highest BCUT2D eigenvalue weighted by Crippen LogP contribution is 2.67. The average molecular weight is 233 g/mol. The third-order valence-electron chi connectivity index (χ3n) is 6.46. The van der Waals surface area contributed by atoms with Crippen molar-refractivity contribution >= 4 is 0 Å². The molecule has 0 heterocycles. The van der Waals surface area contributed by atoms with Crippen molar-refractivity contribution in [1.82, 2.24) is 5.32 Å². The highest BCUT2D eigenvalue weighted by Gasteiger charge is 2.59. The van der Waals surface area contributed by atoms with Crippen LogP contribution >= 0.6 is 0 Å². The fourth-order valence-corrected chi connectivity index (χ4v) is 6.63. The first kappa shape index (κ1) is 10.8. The molecule has 0 aromatic carbocycles. The van der Waals surface area contributed by atoms with Gasteiger partial charge in [-0.1, -0.05) is 6.92 Å². The second kappa shape index (κ2) is 3.29. The van der Waals surface area contributed by atoms with E-state index in [1.165, 1.54) is 19.3 Å². The fraction of sp³-hybridized carbons (Fsp3) is 1.00. The van der Waals surface area contributed by atoms with Gasteiger partial charge in [-0.25, -0.2) is 0 Å². The summed E-state index contributed by atoms with van der Waals surface area (Å²) >= 11 is 0. The Morgan fingerprint density at radius 1 is 1.06 bits per heavy atom. The van der Waals surface area contributed by atoms with Gasteiger partial charge in [0.1, 0.15) is 0 Å². The number of hydrogen-bond acceptors (Lipinski definition) is 1. The van der Waals surface area contributed by atoms with Crippen LogP contribution in [0.4, 0.5) is 0 Å². The van der Waals surface area contributed by atoms with Crippen LogP contribution in [0.2, 0.25) is 0 Å². The molecule has 0 aromatic rings. The van der Waals surface area contributed by atoms with Crippen molar-refractivity contribution in [1.29, 1.82) is 0 Å². The molecule has 3 unspecified atom stereocenters. The van der Waals surface area contributed by atoms with E-state index in [0.717, 1.165) is 23.8 Å². The van der Waals surface area contributed by atoms with Gasteiger partial charge in [0, 0.05) is 6.04 Å². The van der Waals surface area contributed by atoms with Crippen LogP contribution in [0.3, 0.4) is 0 Å². The van der Waals surface area contributed by atoms with Crippen LogP contribution < -0.4 is 5.32 Å². The van der Waals surface area contributed by atoms with Crippen molar-refractivity contribution in [2.45, 2.75) is 64.3 Å². The SMILES string of the molecule is CNC(C1CC1)C12CC3CC(CC(C)(C3)C1)C2. The quantitative estimate of drug-likeness (QED) is 0.785. The molecule has 0 radical (unpaired) electrons. The molecule has 1 N–H and O–H groups in total. The summed E-state index contributed by atoms with van der Waals surface area (Å²) in [6.45, 7) is 2.60. The molecule has 0 aromatic heterocycles. The second-order valence-corrected chi connectivity index (χ2v) is 8.24. The number of rotatable bonds is 3. The summed E-state index contributed by atoms with van der Waals surface area (Å²) in [6, 6.07) is 0.854. The summed E-state index contributed by atoms with van der Waals surface area (Å²) in [7, 11) is 2.23. The van der Waals surface area contributed by atoms with Crippen molar-refractivity contribution in [2.24, 2.45) is 28.6 Å². The lowest BCUT2D eigenvalue weighted by Crippen LogP contribution is -2.58. The van der Waals surface area contributed by atoms with E-state index in [-0.39, 0.29) is 0 Å². The van der Waals surface area contributed by atoms with E-state index >= 15 is 0 Å². The second-order valence-electron chi connectivity index (χ2n) is 8.24. The smallest absolute Gasteiger partial charge is 0.0149 e. The molecule has 5 rings (SSSR count). The lowest BCUT2D eigenvalue weighted by atomic mass is 9.43. The average Bonchev–Trinajstić information content (AvgIpc) is 2.98. The normalized spacial score (nSPS) is 54.0. The molecule has 5 aliphatic rings. The molecule has 1 heteroatoms. The standard InChI is InChI=1S/C16H27N/c1-15-6-11-5-12(7-15)9-16(8-11,10-15)14(17-2)13-3-4-13/h11-14,17H,3-10H2,1-2H3. The molecule has 1 nitrogen and oxygen atoms in total. The Kier molecular flexibility index (Phi) is 2.10. The Balaban J connectivity index is 1.68. The zero-order valence-corrected chi connectivity index (χ0v) is 11.5. The van der Waals surface area contributed by atoms with Crippen molar-refractivity contribution in [3.05, 3.63) is 0 Å². The van der Waals surface area contributed by atoms with Gasteiger partial charge in [-0.3, -0.25) is 0 Å². The van der Waals surface area contributed by atoms with Crippen LogP contribution in [0, 0.1) is 28.6 Å². The van der Waals surface area contributed by atoms with E-state index in [9.17, 15) is 0 Å². The molecule has 0 aliphatic heterocycles. The summed E-state index contributed by atoms with van der Waals surface area (Å²) in [5.74, 6) is 3.19. The monoisotopic (exact) mass is 233 g/mol. The molecule has 5 saturated carbocycles. The van der Waals surface area contributed by atoms with Crippen LogP contribution in [-0.4, -0.2) is 13.1 Å². The Morgan fingerprint density at radius 2 is 1.71 bits per heavy atom. The number of nitrogens with one attached hydrogen (secondary N) is 1. The van der Waals surface area contributed by atoms with E-state index in [1.54, 1.807) is 32.1 Å². The predicted molar refractivity (Wildman–Crippen MR) is 70.8 cm³/mol. The molecule has 0 saturated heterocycles. The molecular formula is C16H27N. The van der Waals surface area contributed by atoms with Crippen molar-refractivity contribution < 1.29 is 0 Å². The van der Waals surface area contributed by atoms with Gasteiger partial charge < -0.3 is 5.32 Å².